The number of aryl methyl sites for hydroxylation is 1. The molecule has 5 nitrogen and oxygen atoms in total. The Hall–Kier alpha value is -2.18. The molecule has 35 heavy (non-hydrogen) atoms. The molecule has 1 spiro atoms. The van der Waals surface area contributed by atoms with Crippen LogP contribution in [0.3, 0.4) is 0 Å². The van der Waals surface area contributed by atoms with Gasteiger partial charge in [0.1, 0.15) is 11.5 Å². The Balaban J connectivity index is 1.36. The number of hydrogen-bond acceptors (Lipinski definition) is 4. The van der Waals surface area contributed by atoms with Crippen LogP contribution in [0.1, 0.15) is 69.4 Å². The van der Waals surface area contributed by atoms with Gasteiger partial charge in [-0.15, -0.1) is 0 Å². The molecule has 190 valence electrons. The van der Waals surface area contributed by atoms with Crippen LogP contribution < -0.4 is 4.74 Å². The number of sulfonamides is 1. The largest absolute Gasteiger partial charge is 0.497 e. The van der Waals surface area contributed by atoms with E-state index < -0.39 is 10.0 Å². The fourth-order valence-corrected chi connectivity index (χ4v) is 7.62. The molecule has 2 fully saturated rings. The van der Waals surface area contributed by atoms with Crippen LogP contribution in [0.5, 0.6) is 5.75 Å². The highest BCUT2D eigenvalue weighted by Gasteiger charge is 2.44. The summed E-state index contributed by atoms with van der Waals surface area (Å²) in [5, 5.41) is 0. The zero-order valence-corrected chi connectivity index (χ0v) is 22.3. The third-order valence-corrected chi connectivity index (χ3v) is 10.1. The summed E-state index contributed by atoms with van der Waals surface area (Å²) < 4.78 is 33.1. The first-order valence-corrected chi connectivity index (χ1v) is 14.3. The molecule has 0 amide bonds. The Morgan fingerprint density at radius 2 is 1.66 bits per heavy atom. The van der Waals surface area contributed by atoms with Gasteiger partial charge in [-0.25, -0.2) is 8.42 Å². The van der Waals surface area contributed by atoms with Crippen molar-refractivity contribution < 1.29 is 17.9 Å². The number of methoxy groups -OCH3 is 1. The highest BCUT2D eigenvalue weighted by atomic mass is 32.2. The van der Waals surface area contributed by atoms with Crippen molar-refractivity contribution in [1.29, 1.82) is 0 Å². The molecule has 0 bridgehead atoms. The summed E-state index contributed by atoms with van der Waals surface area (Å²) in [4.78, 5) is 13.7. The number of rotatable bonds is 8. The summed E-state index contributed by atoms with van der Waals surface area (Å²) in [5.41, 5.74) is 2.51. The van der Waals surface area contributed by atoms with Crippen LogP contribution in [0.25, 0.3) is 0 Å². The summed E-state index contributed by atoms with van der Waals surface area (Å²) in [6, 6.07) is 15.0. The van der Waals surface area contributed by atoms with Gasteiger partial charge in [-0.1, -0.05) is 43.7 Å². The normalized spacial score (nSPS) is 21.3. The smallest absolute Gasteiger partial charge is 0.243 e. The fraction of sp³-hybridized carbons (Fsp3) is 0.552. The second kappa shape index (κ2) is 10.4. The van der Waals surface area contributed by atoms with Crippen molar-refractivity contribution in [1.82, 2.24) is 4.31 Å². The molecule has 2 aliphatic rings. The van der Waals surface area contributed by atoms with Gasteiger partial charge in [0.25, 0.3) is 0 Å². The predicted octanol–water partition coefficient (Wildman–Crippen LogP) is 5.97. The van der Waals surface area contributed by atoms with E-state index in [1.807, 2.05) is 0 Å². The minimum Gasteiger partial charge on any atom is -0.497 e. The Bertz CT molecular complexity index is 1110. The van der Waals surface area contributed by atoms with Crippen LogP contribution in [-0.2, 0) is 14.8 Å². The second-order valence-electron chi connectivity index (χ2n) is 11.0. The van der Waals surface area contributed by atoms with Gasteiger partial charge in [0, 0.05) is 25.4 Å². The lowest BCUT2D eigenvalue weighted by molar-refractivity contribution is -0.122. The zero-order chi connectivity index (χ0) is 25.2. The molecule has 1 aliphatic carbocycles. The maximum absolute atomic E-state index is 13.4. The number of carbonyl (C=O) groups is 1. The van der Waals surface area contributed by atoms with E-state index in [1.165, 1.54) is 5.56 Å². The minimum absolute atomic E-state index is 0.0522. The van der Waals surface area contributed by atoms with Crippen molar-refractivity contribution in [3.05, 3.63) is 59.7 Å². The highest BCUT2D eigenvalue weighted by molar-refractivity contribution is 7.89. The SMILES string of the molecule is COc1ccc(S(=O)(=O)N2CCC3(CCC(CC(=O)C(c4ccc(C)cc4)C(C)C)C3)CC2)cc1. The fourth-order valence-electron chi connectivity index (χ4n) is 6.18. The van der Waals surface area contributed by atoms with Gasteiger partial charge in [0.15, 0.2) is 0 Å². The van der Waals surface area contributed by atoms with Crippen LogP contribution in [0.4, 0.5) is 0 Å². The average molecular weight is 498 g/mol. The number of benzene rings is 2. The molecule has 0 N–H and O–H groups in total. The molecule has 1 saturated carbocycles. The quantitative estimate of drug-likeness (QED) is 0.450. The Labute approximate surface area is 210 Å². The van der Waals surface area contributed by atoms with Crippen molar-refractivity contribution in [2.24, 2.45) is 17.3 Å². The average Bonchev–Trinajstić information content (AvgIpc) is 3.22. The number of carbonyl (C=O) groups excluding carboxylic acids is 1. The Morgan fingerprint density at radius 1 is 1.03 bits per heavy atom. The number of Topliss-reactive ketones (excluding diaryl/α,β-unsaturated/α-hetero) is 1. The molecule has 4 rings (SSSR count). The molecular formula is C29H39NO4S. The topological polar surface area (TPSA) is 63.7 Å². The van der Waals surface area contributed by atoms with Crippen molar-refractivity contribution in [3.8, 4) is 5.75 Å². The van der Waals surface area contributed by atoms with Crippen LogP contribution >= 0.6 is 0 Å². The van der Waals surface area contributed by atoms with Gasteiger partial charge < -0.3 is 4.74 Å². The maximum Gasteiger partial charge on any atom is 0.243 e. The van der Waals surface area contributed by atoms with E-state index in [0.717, 1.165) is 37.7 Å². The second-order valence-corrected chi connectivity index (χ2v) is 12.9. The lowest BCUT2D eigenvalue weighted by atomic mass is 9.76. The molecule has 2 aromatic carbocycles. The predicted molar refractivity (Wildman–Crippen MR) is 139 cm³/mol. The van der Waals surface area contributed by atoms with Crippen LogP contribution in [0.2, 0.25) is 0 Å². The zero-order valence-electron chi connectivity index (χ0n) is 21.5. The van der Waals surface area contributed by atoms with Gasteiger partial charge in [0.05, 0.1) is 12.0 Å². The van der Waals surface area contributed by atoms with Crippen molar-refractivity contribution in [3.63, 3.8) is 0 Å². The molecular weight excluding hydrogens is 458 g/mol. The van der Waals surface area contributed by atoms with E-state index in [1.54, 1.807) is 35.7 Å². The first kappa shape index (κ1) is 25.9. The molecule has 2 atom stereocenters. The first-order chi connectivity index (χ1) is 16.6. The van der Waals surface area contributed by atoms with E-state index in [9.17, 15) is 13.2 Å². The van der Waals surface area contributed by atoms with Crippen molar-refractivity contribution in [2.75, 3.05) is 20.2 Å². The van der Waals surface area contributed by atoms with E-state index in [0.29, 0.717) is 41.9 Å². The van der Waals surface area contributed by atoms with E-state index in [4.69, 9.17) is 4.74 Å². The summed E-state index contributed by atoms with van der Waals surface area (Å²) >= 11 is 0. The molecule has 2 unspecified atom stereocenters. The van der Waals surface area contributed by atoms with E-state index in [-0.39, 0.29) is 17.3 Å². The molecule has 1 saturated heterocycles. The Morgan fingerprint density at radius 3 is 2.23 bits per heavy atom. The summed E-state index contributed by atoms with van der Waals surface area (Å²) in [5.74, 6) is 1.62. The number of ether oxygens (including phenoxy) is 1. The van der Waals surface area contributed by atoms with Crippen molar-refractivity contribution in [2.45, 2.75) is 70.1 Å². The van der Waals surface area contributed by atoms with Crippen molar-refractivity contribution >= 4 is 15.8 Å². The van der Waals surface area contributed by atoms with Gasteiger partial charge >= 0.3 is 0 Å². The Kier molecular flexibility index (Phi) is 7.72. The molecule has 0 aromatic heterocycles. The number of nitrogens with zero attached hydrogens (tertiary/aromatic N) is 1. The van der Waals surface area contributed by atoms with Crippen LogP contribution in [0, 0.1) is 24.2 Å². The lowest BCUT2D eigenvalue weighted by Crippen LogP contribution is -2.42. The summed E-state index contributed by atoms with van der Waals surface area (Å²) in [7, 11) is -1.93. The van der Waals surface area contributed by atoms with Gasteiger partial charge in [-0.2, -0.15) is 4.31 Å². The standard InChI is InChI=1S/C29H39NO4S/c1-21(2)28(24-7-5-22(3)6-8-24)27(31)19-23-13-14-29(20-23)15-17-30(18-16-29)35(32,33)26-11-9-25(34-4)10-12-26/h5-12,21,23,28H,13-20H2,1-4H3. The van der Waals surface area contributed by atoms with Gasteiger partial charge in [0.2, 0.25) is 10.0 Å². The number of ketones is 1. The lowest BCUT2D eigenvalue weighted by Gasteiger charge is -2.39. The van der Waals surface area contributed by atoms with Gasteiger partial charge in [-0.05, 0) is 86.1 Å². The molecule has 6 heteroatoms. The monoisotopic (exact) mass is 497 g/mol. The summed E-state index contributed by atoms with van der Waals surface area (Å²) in [6.45, 7) is 7.44. The molecule has 0 radical (unpaired) electrons. The number of piperidine rings is 1. The van der Waals surface area contributed by atoms with E-state index in [2.05, 4.69) is 45.0 Å². The maximum atomic E-state index is 13.4. The molecule has 2 aromatic rings. The molecule has 1 aliphatic heterocycles. The molecule has 1 heterocycles. The number of hydrogen-bond donors (Lipinski definition) is 0. The van der Waals surface area contributed by atoms with Gasteiger partial charge in [-0.3, -0.25) is 4.79 Å². The van der Waals surface area contributed by atoms with E-state index >= 15 is 0 Å². The summed E-state index contributed by atoms with van der Waals surface area (Å²) in [6.07, 6.45) is 5.57. The minimum atomic E-state index is -3.50. The van der Waals surface area contributed by atoms with Crippen LogP contribution in [-0.4, -0.2) is 38.7 Å². The van der Waals surface area contributed by atoms with Crippen LogP contribution in [0.15, 0.2) is 53.4 Å². The first-order valence-electron chi connectivity index (χ1n) is 12.9. The third kappa shape index (κ3) is 5.64. The highest BCUT2D eigenvalue weighted by Crippen LogP contribution is 2.51. The third-order valence-electron chi connectivity index (χ3n) is 8.22.